The van der Waals surface area contributed by atoms with Gasteiger partial charge in [-0.05, 0) is 6.42 Å². The van der Waals surface area contributed by atoms with Gasteiger partial charge in [-0.2, -0.15) is 0 Å². The molecule has 3 heteroatoms. The molecule has 0 amide bonds. The molecule has 0 unspecified atom stereocenters. The van der Waals surface area contributed by atoms with Crippen LogP contribution in [0, 0.1) is 0 Å². The summed E-state index contributed by atoms with van der Waals surface area (Å²) in [5, 5.41) is 1.40. The average Bonchev–Trinajstić information content (AvgIpc) is 3.05. The molecular weight excluding hydrogens is 271 g/mol. The van der Waals surface area contributed by atoms with Crippen molar-refractivity contribution in [3.8, 4) is 0 Å². The predicted molar refractivity (Wildman–Crippen MR) is 75.3 cm³/mol. The van der Waals surface area contributed by atoms with Gasteiger partial charge in [0.2, 0.25) is 0 Å². The number of hydrogen-bond donors (Lipinski definition) is 0. The van der Waals surface area contributed by atoms with Crippen molar-refractivity contribution in [1.82, 2.24) is 0 Å². The zero-order valence-electron chi connectivity index (χ0n) is 11.2. The topological polar surface area (TPSA) is 9.23 Å². The van der Waals surface area contributed by atoms with Crippen LogP contribution >= 0.6 is 0 Å². The number of allylic oxidation sites excluding steroid dienone is 8. The Balaban J connectivity index is 0.000000149. The third-order valence-electron chi connectivity index (χ3n) is 3.27. The van der Waals surface area contributed by atoms with Crippen LogP contribution in [-0.2, 0) is 22.9 Å². The fourth-order valence-electron chi connectivity index (χ4n) is 2.19. The molecule has 1 saturated heterocycles. The molecule has 1 fully saturated rings. The van der Waals surface area contributed by atoms with Gasteiger partial charge >= 0.3 is 90.7 Å². The molecule has 0 aromatic carbocycles. The minimum Gasteiger partial charge on any atom is -0.501 e. The van der Waals surface area contributed by atoms with Crippen LogP contribution in [0.15, 0.2) is 44.2 Å². The monoisotopic (exact) mass is 292 g/mol. The van der Waals surface area contributed by atoms with Gasteiger partial charge in [0.05, 0.1) is 0 Å². The Morgan fingerprint density at radius 2 is 1.72 bits per heavy atom. The second kappa shape index (κ2) is 8.36. The fraction of sp³-hybridized carbons (Fsp3) is 0.467. The van der Waals surface area contributed by atoms with E-state index < -0.39 is 14.5 Å². The molecule has 0 N–H and O–H groups in total. The second-order valence-electron chi connectivity index (χ2n) is 4.95. The van der Waals surface area contributed by atoms with Crippen molar-refractivity contribution in [2.45, 2.75) is 36.8 Å². The molecule has 2 aliphatic carbocycles. The van der Waals surface area contributed by atoms with E-state index in [0.29, 0.717) is 0 Å². The first kappa shape index (κ1) is 14.6. The van der Waals surface area contributed by atoms with E-state index in [1.807, 2.05) is 0 Å². The summed E-state index contributed by atoms with van der Waals surface area (Å²) >= 11 is -0.511. The third kappa shape index (κ3) is 5.43. The van der Waals surface area contributed by atoms with Crippen molar-refractivity contribution in [2.24, 2.45) is 0 Å². The molecule has 3 rings (SSSR count). The summed E-state index contributed by atoms with van der Waals surface area (Å²) in [4.78, 5) is 0. The smallest absolute Gasteiger partial charge is 0.457 e. The van der Waals surface area contributed by atoms with E-state index in [-0.39, 0.29) is 19.2 Å². The van der Waals surface area contributed by atoms with Gasteiger partial charge in [0.25, 0.3) is 0 Å². The Morgan fingerprint density at radius 3 is 2.06 bits per heavy atom. The van der Waals surface area contributed by atoms with Crippen LogP contribution in [0.25, 0.3) is 0 Å². The van der Waals surface area contributed by atoms with Crippen molar-refractivity contribution in [3.05, 3.63) is 44.2 Å². The molecule has 0 aromatic heterocycles. The van der Waals surface area contributed by atoms with Gasteiger partial charge in [0, 0.05) is 6.61 Å². The van der Waals surface area contributed by atoms with Crippen LogP contribution in [-0.4, -0.2) is 21.1 Å². The van der Waals surface area contributed by atoms with Crippen molar-refractivity contribution in [2.75, 3.05) is 6.61 Å². The van der Waals surface area contributed by atoms with Crippen molar-refractivity contribution >= 4 is 14.5 Å². The molecule has 1 nitrogen and oxygen atoms in total. The molecule has 0 atom stereocenters. The van der Waals surface area contributed by atoms with Gasteiger partial charge in [0.15, 0.2) is 0 Å². The summed E-state index contributed by atoms with van der Waals surface area (Å²) in [6, 6.07) is 0. The van der Waals surface area contributed by atoms with Crippen LogP contribution in [0.3, 0.4) is 0 Å². The van der Waals surface area contributed by atoms with E-state index in [0.717, 1.165) is 6.61 Å². The average molecular weight is 292 g/mol. The van der Waals surface area contributed by atoms with E-state index in [9.17, 15) is 0 Å². The quantitative estimate of drug-likeness (QED) is 0.694. The Labute approximate surface area is 124 Å². The maximum absolute atomic E-state index is 5.42. The maximum Gasteiger partial charge on any atom is 0.457 e. The number of hydrogen-bond acceptors (Lipinski definition) is 1. The Morgan fingerprint density at radius 1 is 1.06 bits per heavy atom. The molecule has 0 spiro atoms. The maximum atomic E-state index is 5.42. The first-order valence-corrected chi connectivity index (χ1v) is 10.9. The molecule has 18 heavy (non-hydrogen) atoms. The van der Waals surface area contributed by atoms with Gasteiger partial charge in [-0.3, -0.25) is 0 Å². The summed E-state index contributed by atoms with van der Waals surface area (Å²) in [5.41, 5.74) is 0. The van der Waals surface area contributed by atoms with Crippen molar-refractivity contribution in [1.29, 1.82) is 0 Å². The minimum atomic E-state index is -0.595. The number of rotatable bonds is 2. The summed E-state index contributed by atoms with van der Waals surface area (Å²) in [6.07, 6.45) is 18.6. The van der Waals surface area contributed by atoms with Crippen LogP contribution in [0.5, 0.6) is 0 Å². The molecule has 0 aromatic rings. The van der Waals surface area contributed by atoms with E-state index in [1.54, 1.807) is 7.76 Å². The molecule has 3 aliphatic rings. The molecule has 94 valence electrons. The zero-order valence-corrected chi connectivity index (χ0v) is 13.9. The van der Waals surface area contributed by atoms with Crippen LogP contribution in [0.4, 0.5) is 0 Å². The van der Waals surface area contributed by atoms with Gasteiger partial charge < -0.3 is 3.79 Å². The molecular formula is C15H21AlOTi. The van der Waals surface area contributed by atoms with E-state index in [1.165, 1.54) is 31.0 Å². The van der Waals surface area contributed by atoms with E-state index in [4.69, 9.17) is 3.79 Å². The summed E-state index contributed by atoms with van der Waals surface area (Å²) in [5.74, 6) is 2.28. The van der Waals surface area contributed by atoms with Gasteiger partial charge in [-0.15, -0.1) is 0 Å². The SMILES string of the molecule is C1=CC[C]([Ti][C]2=CC=CC2)=C1.[CH3][Al]1[CH2]CCC[O]1. The Bertz CT molecular complexity index is 348. The molecule has 0 saturated carbocycles. The summed E-state index contributed by atoms with van der Waals surface area (Å²) in [7, 11) is 0. The summed E-state index contributed by atoms with van der Waals surface area (Å²) < 4.78 is 8.78. The standard InChI is InChI=1S/2C5H5.C4H8O.CH3.Al.Ti/c2*1-2-4-5-3-1;1-2-3-4-5;;;/h2*1-3H,4H2;1-4H2;1H3;;/q;;-1;;+1;. The van der Waals surface area contributed by atoms with Crippen LogP contribution in [0.1, 0.15) is 25.7 Å². The molecule has 0 radical (unpaired) electrons. The Kier molecular flexibility index (Phi) is 6.77. The normalized spacial score (nSPS) is 21.3. The largest absolute Gasteiger partial charge is 0.501 e. The van der Waals surface area contributed by atoms with Gasteiger partial charge in [0.1, 0.15) is 0 Å². The van der Waals surface area contributed by atoms with E-state index >= 15 is 0 Å². The van der Waals surface area contributed by atoms with E-state index in [2.05, 4.69) is 42.2 Å². The first-order chi connectivity index (χ1) is 8.84. The van der Waals surface area contributed by atoms with Crippen LogP contribution < -0.4 is 0 Å². The Hall–Kier alpha value is 0.167. The fourth-order valence-corrected chi connectivity index (χ4v) is 5.68. The van der Waals surface area contributed by atoms with Gasteiger partial charge in [-0.25, -0.2) is 0 Å². The summed E-state index contributed by atoms with van der Waals surface area (Å²) in [6.45, 7) is 1.05. The second-order valence-corrected chi connectivity index (χ2v) is 9.88. The molecule has 1 aliphatic heterocycles. The first-order valence-electron chi connectivity index (χ1n) is 6.94. The molecule has 1 heterocycles. The van der Waals surface area contributed by atoms with Crippen LogP contribution in [0.2, 0.25) is 11.1 Å². The predicted octanol–water partition coefficient (Wildman–Crippen LogP) is 4.17. The van der Waals surface area contributed by atoms with Crippen molar-refractivity contribution < 1.29 is 22.9 Å². The third-order valence-corrected chi connectivity index (χ3v) is 7.46. The minimum absolute atomic E-state index is 0.0833. The zero-order chi connectivity index (χ0) is 12.6. The molecule has 0 bridgehead atoms. The van der Waals surface area contributed by atoms with Gasteiger partial charge in [-0.1, -0.05) is 17.5 Å². The van der Waals surface area contributed by atoms with Crippen molar-refractivity contribution in [3.63, 3.8) is 0 Å².